The molecule has 0 amide bonds. The first-order valence-corrected chi connectivity index (χ1v) is 10.0. The minimum absolute atomic E-state index is 0.154. The van der Waals surface area contributed by atoms with Gasteiger partial charge >= 0.3 is 0 Å². The second kappa shape index (κ2) is 8.04. The highest BCUT2D eigenvalue weighted by atomic mass is 32.2. The lowest BCUT2D eigenvalue weighted by Gasteiger charge is -2.32. The number of aryl methyl sites for hydroxylation is 2. The molecule has 2 atom stereocenters. The summed E-state index contributed by atoms with van der Waals surface area (Å²) in [5, 5.41) is 0. The molecular weight excluding hydrogens is 336 g/mol. The molecule has 0 saturated carbocycles. The third kappa shape index (κ3) is 5.23. The number of sulfonamides is 1. The highest BCUT2D eigenvalue weighted by Gasteiger charge is 2.31. The molecule has 1 fully saturated rings. The third-order valence-electron chi connectivity index (χ3n) is 3.75. The Labute approximate surface area is 142 Å². The molecule has 0 aliphatic carbocycles. The maximum absolute atomic E-state index is 12.6. The second-order valence-electron chi connectivity index (χ2n) is 6.08. The Bertz CT molecular complexity index is 613. The minimum Gasteiger partial charge on any atom is -0.380 e. The van der Waals surface area contributed by atoms with Crippen molar-refractivity contribution in [2.24, 2.45) is 0 Å². The maximum Gasteiger partial charge on any atom is 0.242 e. The van der Waals surface area contributed by atoms with Crippen LogP contribution < -0.4 is 4.72 Å². The Kier molecular flexibility index (Phi) is 6.58. The number of hydrogen-bond acceptors (Lipinski definition) is 6. The molecule has 1 aliphatic rings. The molecule has 1 saturated heterocycles. The van der Waals surface area contributed by atoms with Gasteiger partial charge in [-0.2, -0.15) is 0 Å². The lowest BCUT2D eigenvalue weighted by Crippen LogP contribution is -2.50. The molecule has 2 rings (SSSR count). The van der Waals surface area contributed by atoms with Crippen molar-refractivity contribution in [1.29, 1.82) is 0 Å². The Morgan fingerprint density at radius 3 is 2.78 bits per heavy atom. The molecule has 0 radical (unpaired) electrons. The standard InChI is InChI=1S/C15H26N2O4S2/c1-11-9-15(12(2)22-11)23(18,19)16-13-10-20-7-5-14(13)21-8-6-17(3)4/h9,13-14,16H,5-8,10H2,1-4H3/t13-,14+/m1/s1. The van der Waals surface area contributed by atoms with Crippen molar-refractivity contribution < 1.29 is 17.9 Å². The van der Waals surface area contributed by atoms with Crippen molar-refractivity contribution in [1.82, 2.24) is 9.62 Å². The van der Waals surface area contributed by atoms with E-state index in [-0.39, 0.29) is 12.1 Å². The van der Waals surface area contributed by atoms with Crippen molar-refractivity contribution >= 4 is 21.4 Å². The topological polar surface area (TPSA) is 67.9 Å². The summed E-state index contributed by atoms with van der Waals surface area (Å²) < 4.78 is 39.4. The Hall–Kier alpha value is -0.510. The van der Waals surface area contributed by atoms with E-state index in [1.165, 1.54) is 11.3 Å². The Morgan fingerprint density at radius 1 is 1.43 bits per heavy atom. The van der Waals surface area contributed by atoms with E-state index in [1.54, 1.807) is 6.07 Å². The SMILES string of the molecule is Cc1cc(S(=O)(=O)N[C@@H]2COCC[C@@H]2OCCN(C)C)c(C)s1. The predicted octanol–water partition coefficient (Wildman–Crippen LogP) is 1.38. The van der Waals surface area contributed by atoms with Gasteiger partial charge in [0.1, 0.15) is 0 Å². The molecular formula is C15H26N2O4S2. The quantitative estimate of drug-likeness (QED) is 0.794. The molecule has 2 heterocycles. The molecule has 0 bridgehead atoms. The van der Waals surface area contributed by atoms with Gasteiger partial charge in [0, 0.05) is 22.9 Å². The fourth-order valence-corrected chi connectivity index (χ4v) is 5.36. The minimum atomic E-state index is -3.55. The number of thiophene rings is 1. The molecule has 0 unspecified atom stereocenters. The normalized spacial score (nSPS) is 22.7. The smallest absolute Gasteiger partial charge is 0.242 e. The van der Waals surface area contributed by atoms with Crippen LogP contribution in [0, 0.1) is 13.8 Å². The van der Waals surface area contributed by atoms with Gasteiger partial charge in [-0.3, -0.25) is 0 Å². The van der Waals surface area contributed by atoms with Crippen molar-refractivity contribution in [3.8, 4) is 0 Å². The van der Waals surface area contributed by atoms with Crippen molar-refractivity contribution in [2.75, 3.05) is 40.5 Å². The van der Waals surface area contributed by atoms with Gasteiger partial charge in [0.05, 0.1) is 30.3 Å². The van der Waals surface area contributed by atoms with E-state index in [4.69, 9.17) is 9.47 Å². The number of rotatable bonds is 7. The average Bonchev–Trinajstić information content (AvgIpc) is 2.80. The first-order chi connectivity index (χ1) is 10.8. The zero-order chi connectivity index (χ0) is 17.0. The van der Waals surface area contributed by atoms with Gasteiger partial charge < -0.3 is 14.4 Å². The molecule has 1 aromatic rings. The predicted molar refractivity (Wildman–Crippen MR) is 91.6 cm³/mol. The zero-order valence-corrected chi connectivity index (χ0v) is 15.8. The van der Waals surface area contributed by atoms with E-state index in [0.717, 1.165) is 16.3 Å². The fourth-order valence-electron chi connectivity index (χ4n) is 2.55. The summed E-state index contributed by atoms with van der Waals surface area (Å²) in [5.41, 5.74) is 0. The monoisotopic (exact) mass is 362 g/mol. The van der Waals surface area contributed by atoms with Gasteiger partial charge in [-0.25, -0.2) is 13.1 Å². The highest BCUT2D eigenvalue weighted by molar-refractivity contribution is 7.89. The van der Waals surface area contributed by atoms with Crippen LogP contribution in [0.4, 0.5) is 0 Å². The van der Waals surface area contributed by atoms with Crippen molar-refractivity contribution in [3.63, 3.8) is 0 Å². The van der Waals surface area contributed by atoms with E-state index in [9.17, 15) is 8.42 Å². The molecule has 1 N–H and O–H groups in total. The number of ether oxygens (including phenoxy) is 2. The van der Waals surface area contributed by atoms with Gasteiger partial charge in [0.2, 0.25) is 10.0 Å². The van der Waals surface area contributed by atoms with E-state index in [2.05, 4.69) is 4.72 Å². The first-order valence-electron chi connectivity index (χ1n) is 7.73. The lowest BCUT2D eigenvalue weighted by molar-refractivity contribution is -0.0527. The van der Waals surface area contributed by atoms with Gasteiger partial charge in [0.25, 0.3) is 0 Å². The molecule has 1 aromatic heterocycles. The van der Waals surface area contributed by atoms with Crippen LogP contribution in [-0.4, -0.2) is 65.9 Å². The van der Waals surface area contributed by atoms with E-state index in [1.807, 2.05) is 32.8 Å². The van der Waals surface area contributed by atoms with Crippen LogP contribution in [0.5, 0.6) is 0 Å². The van der Waals surface area contributed by atoms with Crippen LogP contribution in [-0.2, 0) is 19.5 Å². The van der Waals surface area contributed by atoms with Crippen LogP contribution in [0.1, 0.15) is 16.2 Å². The van der Waals surface area contributed by atoms with Crippen LogP contribution in [0.2, 0.25) is 0 Å². The van der Waals surface area contributed by atoms with Crippen LogP contribution in [0.15, 0.2) is 11.0 Å². The summed E-state index contributed by atoms with van der Waals surface area (Å²) in [6.07, 6.45) is 0.543. The van der Waals surface area contributed by atoms with Crippen LogP contribution in [0.25, 0.3) is 0 Å². The Morgan fingerprint density at radius 2 is 2.17 bits per heavy atom. The summed E-state index contributed by atoms with van der Waals surface area (Å²) in [7, 11) is 0.409. The number of nitrogens with zero attached hydrogens (tertiary/aromatic N) is 1. The van der Waals surface area contributed by atoms with E-state index < -0.39 is 10.0 Å². The second-order valence-corrected chi connectivity index (χ2v) is 9.22. The molecule has 23 heavy (non-hydrogen) atoms. The first kappa shape index (κ1) is 18.8. The molecule has 132 valence electrons. The molecule has 0 spiro atoms. The Balaban J connectivity index is 2.04. The average molecular weight is 363 g/mol. The molecule has 1 aliphatic heterocycles. The third-order valence-corrected chi connectivity index (χ3v) is 6.47. The van der Waals surface area contributed by atoms with Gasteiger partial charge in [-0.1, -0.05) is 0 Å². The van der Waals surface area contributed by atoms with Gasteiger partial charge in [0.15, 0.2) is 0 Å². The molecule has 6 nitrogen and oxygen atoms in total. The number of hydrogen-bond donors (Lipinski definition) is 1. The largest absolute Gasteiger partial charge is 0.380 e. The summed E-state index contributed by atoms with van der Waals surface area (Å²) in [6, 6.07) is 1.36. The van der Waals surface area contributed by atoms with Crippen molar-refractivity contribution in [3.05, 3.63) is 15.8 Å². The number of nitrogens with one attached hydrogen (secondary N) is 1. The maximum atomic E-state index is 12.6. The zero-order valence-electron chi connectivity index (χ0n) is 14.2. The van der Waals surface area contributed by atoms with Crippen LogP contribution >= 0.6 is 11.3 Å². The molecule has 0 aromatic carbocycles. The summed E-state index contributed by atoms with van der Waals surface area (Å²) >= 11 is 1.49. The van der Waals surface area contributed by atoms with Crippen molar-refractivity contribution in [2.45, 2.75) is 37.3 Å². The van der Waals surface area contributed by atoms with E-state index >= 15 is 0 Å². The summed E-state index contributed by atoms with van der Waals surface area (Å²) in [5.74, 6) is 0. The summed E-state index contributed by atoms with van der Waals surface area (Å²) in [6.45, 7) is 6.06. The van der Waals surface area contributed by atoms with Gasteiger partial charge in [-0.05, 0) is 40.4 Å². The summed E-state index contributed by atoms with van der Waals surface area (Å²) in [4.78, 5) is 4.19. The molecule has 8 heteroatoms. The lowest BCUT2D eigenvalue weighted by atomic mass is 10.1. The van der Waals surface area contributed by atoms with E-state index in [0.29, 0.717) is 31.1 Å². The van der Waals surface area contributed by atoms with Gasteiger partial charge in [-0.15, -0.1) is 11.3 Å². The fraction of sp³-hybridized carbons (Fsp3) is 0.733. The number of likely N-dealkylation sites (N-methyl/N-ethyl adjacent to an activating group) is 1. The van der Waals surface area contributed by atoms with Crippen LogP contribution in [0.3, 0.4) is 0 Å². The highest BCUT2D eigenvalue weighted by Crippen LogP contribution is 2.25.